The fourth-order valence-electron chi connectivity index (χ4n) is 2.42. The van der Waals surface area contributed by atoms with E-state index >= 15 is 0 Å². The lowest BCUT2D eigenvalue weighted by molar-refractivity contribution is 0.523. The molecule has 0 bridgehead atoms. The summed E-state index contributed by atoms with van der Waals surface area (Å²) in [7, 11) is 0. The molecule has 1 aliphatic heterocycles. The van der Waals surface area contributed by atoms with Gasteiger partial charge in [0.1, 0.15) is 0 Å². The zero-order chi connectivity index (χ0) is 13.8. The van der Waals surface area contributed by atoms with Crippen LogP contribution in [0.4, 0.5) is 0 Å². The number of rotatable bonds is 4. The number of hydrogen-bond acceptors (Lipinski definition) is 5. The Kier molecular flexibility index (Phi) is 4.67. The standard InChI is InChI=1S/C14H18N4S2/c15-17-14(13-10-19-8-9-20-13)12-6-7-16-18(12)11-4-2-1-3-5-11/h1-7,13-14,17H,8-10,15H2. The molecular formula is C14H18N4S2. The number of thioether (sulfide) groups is 2. The molecule has 6 heteroatoms. The van der Waals surface area contributed by atoms with Crippen LogP contribution in [0.1, 0.15) is 11.7 Å². The highest BCUT2D eigenvalue weighted by molar-refractivity contribution is 8.06. The number of nitrogens with zero attached hydrogens (tertiary/aromatic N) is 2. The van der Waals surface area contributed by atoms with E-state index in [-0.39, 0.29) is 6.04 Å². The Labute approximate surface area is 127 Å². The van der Waals surface area contributed by atoms with Gasteiger partial charge in [0.2, 0.25) is 0 Å². The van der Waals surface area contributed by atoms with Gasteiger partial charge in [-0.1, -0.05) is 18.2 Å². The highest BCUT2D eigenvalue weighted by Crippen LogP contribution is 2.33. The van der Waals surface area contributed by atoms with Crippen molar-refractivity contribution in [1.29, 1.82) is 0 Å². The predicted molar refractivity (Wildman–Crippen MR) is 87.2 cm³/mol. The van der Waals surface area contributed by atoms with Gasteiger partial charge in [0, 0.05) is 28.7 Å². The van der Waals surface area contributed by atoms with Gasteiger partial charge in [-0.2, -0.15) is 28.6 Å². The normalized spacial score (nSPS) is 20.8. The number of para-hydroxylation sites is 1. The molecule has 0 aliphatic carbocycles. The second kappa shape index (κ2) is 6.67. The molecule has 3 N–H and O–H groups in total. The largest absolute Gasteiger partial charge is 0.271 e. The Bertz CT molecular complexity index is 537. The van der Waals surface area contributed by atoms with E-state index in [4.69, 9.17) is 5.84 Å². The molecule has 1 aromatic heterocycles. The van der Waals surface area contributed by atoms with Crippen molar-refractivity contribution in [1.82, 2.24) is 15.2 Å². The van der Waals surface area contributed by atoms with Crippen molar-refractivity contribution in [3.63, 3.8) is 0 Å². The van der Waals surface area contributed by atoms with Gasteiger partial charge in [0.05, 0.1) is 17.4 Å². The van der Waals surface area contributed by atoms with Crippen molar-refractivity contribution in [3.05, 3.63) is 48.3 Å². The minimum atomic E-state index is 0.121. The van der Waals surface area contributed by atoms with Crippen LogP contribution in [0.2, 0.25) is 0 Å². The number of benzene rings is 1. The van der Waals surface area contributed by atoms with Crippen molar-refractivity contribution in [3.8, 4) is 5.69 Å². The van der Waals surface area contributed by atoms with E-state index in [0.29, 0.717) is 5.25 Å². The van der Waals surface area contributed by atoms with Crippen LogP contribution in [0.5, 0.6) is 0 Å². The van der Waals surface area contributed by atoms with Crippen LogP contribution in [0.25, 0.3) is 5.69 Å². The smallest absolute Gasteiger partial charge is 0.0759 e. The van der Waals surface area contributed by atoms with Crippen molar-refractivity contribution < 1.29 is 0 Å². The average Bonchev–Trinajstić information content (AvgIpc) is 2.99. The van der Waals surface area contributed by atoms with Crippen LogP contribution >= 0.6 is 23.5 Å². The minimum absolute atomic E-state index is 0.121. The molecule has 4 nitrogen and oxygen atoms in total. The SMILES string of the molecule is NNC(c1ccnn1-c1ccccc1)C1CSCCS1. The summed E-state index contributed by atoms with van der Waals surface area (Å²) in [5, 5.41) is 4.94. The van der Waals surface area contributed by atoms with Crippen LogP contribution in [-0.2, 0) is 0 Å². The van der Waals surface area contributed by atoms with Gasteiger partial charge in [0.25, 0.3) is 0 Å². The molecular weight excluding hydrogens is 288 g/mol. The van der Waals surface area contributed by atoms with Crippen molar-refractivity contribution in [2.75, 3.05) is 17.3 Å². The van der Waals surface area contributed by atoms with E-state index < -0.39 is 0 Å². The molecule has 2 atom stereocenters. The van der Waals surface area contributed by atoms with Crippen LogP contribution in [0, 0.1) is 0 Å². The quantitative estimate of drug-likeness (QED) is 0.670. The zero-order valence-electron chi connectivity index (χ0n) is 11.1. The molecule has 0 spiro atoms. The second-order valence-electron chi connectivity index (χ2n) is 4.63. The topological polar surface area (TPSA) is 55.9 Å². The summed E-state index contributed by atoms with van der Waals surface area (Å²) in [6.07, 6.45) is 1.84. The van der Waals surface area contributed by atoms with E-state index in [2.05, 4.69) is 28.7 Å². The minimum Gasteiger partial charge on any atom is -0.271 e. The predicted octanol–water partition coefficient (Wildman–Crippen LogP) is 2.23. The summed E-state index contributed by atoms with van der Waals surface area (Å²) >= 11 is 3.99. The van der Waals surface area contributed by atoms with E-state index in [9.17, 15) is 0 Å². The Balaban J connectivity index is 1.91. The molecule has 0 amide bonds. The van der Waals surface area contributed by atoms with E-state index in [1.54, 1.807) is 0 Å². The molecule has 2 aromatic rings. The molecule has 1 aliphatic rings. The summed E-state index contributed by atoms with van der Waals surface area (Å²) < 4.78 is 1.98. The van der Waals surface area contributed by atoms with Gasteiger partial charge in [-0.15, -0.1) is 0 Å². The fraction of sp³-hybridized carbons (Fsp3) is 0.357. The fourth-order valence-corrected chi connectivity index (χ4v) is 5.25. The first-order valence-corrected chi connectivity index (χ1v) is 8.85. The molecule has 1 saturated heterocycles. The first-order valence-electron chi connectivity index (χ1n) is 6.65. The zero-order valence-corrected chi connectivity index (χ0v) is 12.7. The molecule has 3 rings (SSSR count). The van der Waals surface area contributed by atoms with Gasteiger partial charge in [-0.05, 0) is 18.2 Å². The van der Waals surface area contributed by atoms with Crippen LogP contribution in [0.3, 0.4) is 0 Å². The summed E-state index contributed by atoms with van der Waals surface area (Å²) in [5.74, 6) is 9.37. The Morgan fingerprint density at radius 3 is 2.80 bits per heavy atom. The number of aromatic nitrogens is 2. The number of nitrogens with one attached hydrogen (secondary N) is 1. The van der Waals surface area contributed by atoms with E-state index in [0.717, 1.165) is 17.1 Å². The summed E-state index contributed by atoms with van der Waals surface area (Å²) in [4.78, 5) is 0. The Morgan fingerprint density at radius 2 is 2.10 bits per heavy atom. The maximum Gasteiger partial charge on any atom is 0.0759 e. The van der Waals surface area contributed by atoms with Crippen molar-refractivity contribution >= 4 is 23.5 Å². The Morgan fingerprint density at radius 1 is 1.25 bits per heavy atom. The highest BCUT2D eigenvalue weighted by Gasteiger charge is 2.27. The summed E-state index contributed by atoms with van der Waals surface area (Å²) in [6.45, 7) is 0. The first-order chi connectivity index (χ1) is 9.90. The number of hydrazine groups is 1. The van der Waals surface area contributed by atoms with Gasteiger partial charge in [-0.3, -0.25) is 11.3 Å². The van der Waals surface area contributed by atoms with E-state index in [1.807, 2.05) is 52.6 Å². The Hall–Kier alpha value is -0.950. The van der Waals surface area contributed by atoms with Gasteiger partial charge >= 0.3 is 0 Å². The van der Waals surface area contributed by atoms with Gasteiger partial charge < -0.3 is 0 Å². The maximum absolute atomic E-state index is 5.83. The lowest BCUT2D eigenvalue weighted by Crippen LogP contribution is -2.38. The third-order valence-corrected chi connectivity index (χ3v) is 6.25. The second-order valence-corrected chi connectivity index (χ2v) is 7.13. The van der Waals surface area contributed by atoms with Crippen molar-refractivity contribution in [2.24, 2.45) is 5.84 Å². The van der Waals surface area contributed by atoms with Crippen LogP contribution in [0.15, 0.2) is 42.6 Å². The summed E-state index contributed by atoms with van der Waals surface area (Å²) in [6, 6.07) is 12.4. The molecule has 1 fully saturated rings. The monoisotopic (exact) mass is 306 g/mol. The molecule has 1 aromatic carbocycles. The van der Waals surface area contributed by atoms with Crippen LogP contribution in [-0.4, -0.2) is 32.3 Å². The highest BCUT2D eigenvalue weighted by atomic mass is 32.2. The van der Waals surface area contributed by atoms with Crippen molar-refractivity contribution in [2.45, 2.75) is 11.3 Å². The maximum atomic E-state index is 5.83. The third-order valence-electron chi connectivity index (χ3n) is 3.38. The molecule has 20 heavy (non-hydrogen) atoms. The molecule has 0 saturated carbocycles. The number of nitrogens with two attached hydrogens (primary N) is 1. The molecule has 2 unspecified atom stereocenters. The van der Waals surface area contributed by atoms with Gasteiger partial charge in [0.15, 0.2) is 0 Å². The molecule has 0 radical (unpaired) electrons. The average molecular weight is 306 g/mol. The lowest BCUT2D eigenvalue weighted by atomic mass is 10.1. The van der Waals surface area contributed by atoms with E-state index in [1.165, 1.54) is 11.5 Å². The number of hydrogen-bond donors (Lipinski definition) is 2. The van der Waals surface area contributed by atoms with Crippen LogP contribution < -0.4 is 11.3 Å². The van der Waals surface area contributed by atoms with Gasteiger partial charge in [-0.25, -0.2) is 4.68 Å². The first kappa shape index (κ1) is 14.0. The summed E-state index contributed by atoms with van der Waals surface area (Å²) in [5.41, 5.74) is 5.18. The third kappa shape index (κ3) is 2.88. The lowest BCUT2D eigenvalue weighted by Gasteiger charge is -2.29. The molecule has 2 heterocycles. The molecule has 106 valence electrons.